The molecule has 0 saturated carbocycles. The van der Waals surface area contributed by atoms with Crippen molar-refractivity contribution in [1.82, 2.24) is 0 Å². The van der Waals surface area contributed by atoms with Gasteiger partial charge in [-0.15, -0.1) is 0 Å². The van der Waals surface area contributed by atoms with Gasteiger partial charge in [-0.05, 0) is 24.3 Å². The van der Waals surface area contributed by atoms with Crippen LogP contribution in [-0.2, 0) is 20.0 Å². The van der Waals surface area contributed by atoms with Crippen LogP contribution in [0.25, 0.3) is 0 Å². The Balaban J connectivity index is 2.71. The minimum absolute atomic E-state index is 0.354. The number of phenolic OH excluding ortho intramolecular Hbond substituents is 2. The zero-order valence-electron chi connectivity index (χ0n) is 14.8. The molecule has 2 aromatic carbocycles. The molecule has 0 aliphatic carbocycles. The van der Waals surface area contributed by atoms with Crippen molar-refractivity contribution in [1.29, 1.82) is 0 Å². The molecule has 12 heteroatoms. The quantitative estimate of drug-likeness (QED) is 0.443. The van der Waals surface area contributed by atoms with Crippen molar-refractivity contribution in [3.63, 3.8) is 0 Å². The van der Waals surface area contributed by atoms with Gasteiger partial charge in [0.2, 0.25) is 5.78 Å². The first-order valence-electron chi connectivity index (χ1n) is 7.36. The van der Waals surface area contributed by atoms with E-state index in [4.69, 9.17) is 9.47 Å². The fraction of sp³-hybridized carbons (Fsp3) is 0.188. The summed E-state index contributed by atoms with van der Waals surface area (Å²) < 4.78 is 65.1. The molecule has 0 unspecified atom stereocenters. The van der Waals surface area contributed by atoms with Crippen LogP contribution in [0.4, 0.5) is 0 Å². The SMILES string of the molecule is COc1c(S(C)(=O)=O)ccc(C(=O)c2ccc(S(=O)(=O)O)c(OC)c2O)c1O. The van der Waals surface area contributed by atoms with E-state index in [0.29, 0.717) is 0 Å². The van der Waals surface area contributed by atoms with Crippen LogP contribution in [0, 0.1) is 0 Å². The van der Waals surface area contributed by atoms with Gasteiger partial charge < -0.3 is 19.7 Å². The van der Waals surface area contributed by atoms with Crippen LogP contribution in [0.1, 0.15) is 15.9 Å². The normalized spacial score (nSPS) is 11.9. The second-order valence-corrected chi connectivity index (χ2v) is 8.94. The Hall–Kier alpha value is -2.83. The number of ether oxygens (including phenoxy) is 2. The molecule has 2 rings (SSSR count). The van der Waals surface area contributed by atoms with Crippen LogP contribution in [0.3, 0.4) is 0 Å². The maximum Gasteiger partial charge on any atom is 0.298 e. The molecule has 28 heavy (non-hydrogen) atoms. The van der Waals surface area contributed by atoms with E-state index in [1.54, 1.807) is 0 Å². The molecule has 0 radical (unpaired) electrons. The van der Waals surface area contributed by atoms with Gasteiger partial charge in [0.25, 0.3) is 10.1 Å². The average molecular weight is 432 g/mol. The largest absolute Gasteiger partial charge is 0.504 e. The van der Waals surface area contributed by atoms with Gasteiger partial charge in [-0.25, -0.2) is 8.42 Å². The Kier molecular flexibility index (Phi) is 5.59. The summed E-state index contributed by atoms with van der Waals surface area (Å²) in [7, 11) is -6.41. The number of rotatable bonds is 6. The standard InChI is InChI=1S/C16H16O10S2/c1-25-15-10(27(3,20)21)6-4-8(13(15)18)12(17)9-5-7-11(28(22,23)24)16(26-2)14(9)19/h4-7,18-19H,1-3H3,(H,22,23,24). The number of ketones is 1. The summed E-state index contributed by atoms with van der Waals surface area (Å²) in [5.74, 6) is -3.80. The van der Waals surface area contributed by atoms with Gasteiger partial charge in [-0.2, -0.15) is 8.42 Å². The first-order chi connectivity index (χ1) is 12.8. The number of carbonyl (C=O) groups excluding carboxylic acids is 1. The van der Waals surface area contributed by atoms with Gasteiger partial charge in [0.05, 0.1) is 25.3 Å². The summed E-state index contributed by atoms with van der Waals surface area (Å²) in [5, 5.41) is 20.5. The molecular formula is C16H16O10S2. The third-order valence-corrected chi connectivity index (χ3v) is 5.76. The van der Waals surface area contributed by atoms with Crippen LogP contribution >= 0.6 is 0 Å². The monoisotopic (exact) mass is 432 g/mol. The molecule has 0 heterocycles. The van der Waals surface area contributed by atoms with Gasteiger partial charge in [-0.3, -0.25) is 9.35 Å². The van der Waals surface area contributed by atoms with E-state index in [9.17, 15) is 36.4 Å². The number of carbonyl (C=O) groups is 1. The van der Waals surface area contributed by atoms with Gasteiger partial charge in [-0.1, -0.05) is 0 Å². The van der Waals surface area contributed by atoms with Crippen molar-refractivity contribution in [2.24, 2.45) is 0 Å². The molecule has 0 aromatic heterocycles. The fourth-order valence-corrected chi connectivity index (χ4v) is 3.99. The maximum absolute atomic E-state index is 12.8. The summed E-state index contributed by atoms with van der Waals surface area (Å²) in [6.45, 7) is 0. The van der Waals surface area contributed by atoms with E-state index in [1.807, 2.05) is 0 Å². The first kappa shape index (κ1) is 21.5. The molecule has 3 N–H and O–H groups in total. The molecule has 152 valence electrons. The van der Waals surface area contributed by atoms with Crippen LogP contribution < -0.4 is 9.47 Å². The van der Waals surface area contributed by atoms with E-state index >= 15 is 0 Å². The zero-order chi connectivity index (χ0) is 21.4. The summed E-state index contributed by atoms with van der Waals surface area (Å²) >= 11 is 0. The number of phenols is 2. The topological polar surface area (TPSA) is 164 Å². The van der Waals surface area contributed by atoms with E-state index in [1.165, 1.54) is 0 Å². The molecule has 0 atom stereocenters. The molecule has 2 aromatic rings. The highest BCUT2D eigenvalue weighted by Gasteiger charge is 2.28. The lowest BCUT2D eigenvalue weighted by atomic mass is 10.0. The molecule has 0 aliphatic heterocycles. The number of hydrogen-bond acceptors (Lipinski definition) is 9. The first-order valence-corrected chi connectivity index (χ1v) is 10.7. The molecule has 0 saturated heterocycles. The van der Waals surface area contributed by atoms with E-state index in [0.717, 1.165) is 44.7 Å². The number of hydrogen-bond donors (Lipinski definition) is 3. The zero-order valence-corrected chi connectivity index (χ0v) is 16.5. The predicted molar refractivity (Wildman–Crippen MR) is 95.7 cm³/mol. The Morgan fingerprint density at radius 1 is 0.821 bits per heavy atom. The van der Waals surface area contributed by atoms with Gasteiger partial charge in [0.15, 0.2) is 32.8 Å². The molecule has 0 fully saturated rings. The van der Waals surface area contributed by atoms with Gasteiger partial charge in [0.1, 0.15) is 9.79 Å². The highest BCUT2D eigenvalue weighted by Crippen LogP contribution is 2.41. The van der Waals surface area contributed by atoms with Crippen molar-refractivity contribution in [2.45, 2.75) is 9.79 Å². The van der Waals surface area contributed by atoms with Crippen LogP contribution in [0.5, 0.6) is 23.0 Å². The predicted octanol–water partition coefficient (Wildman–Crippen LogP) is 0.996. The highest BCUT2D eigenvalue weighted by atomic mass is 32.2. The lowest BCUT2D eigenvalue weighted by Gasteiger charge is -2.14. The Morgan fingerprint density at radius 2 is 1.21 bits per heavy atom. The number of methoxy groups -OCH3 is 2. The van der Waals surface area contributed by atoms with Gasteiger partial charge in [0, 0.05) is 6.26 Å². The molecule has 0 spiro atoms. The van der Waals surface area contributed by atoms with Crippen LogP contribution in [-0.4, -0.2) is 57.9 Å². The minimum Gasteiger partial charge on any atom is -0.504 e. The maximum atomic E-state index is 12.8. The number of benzene rings is 2. The van der Waals surface area contributed by atoms with Crippen molar-refractivity contribution in [3.05, 3.63) is 35.4 Å². The smallest absolute Gasteiger partial charge is 0.298 e. The second-order valence-electron chi connectivity index (χ2n) is 5.56. The lowest BCUT2D eigenvalue weighted by Crippen LogP contribution is -2.08. The molecule has 0 amide bonds. The van der Waals surface area contributed by atoms with E-state index in [2.05, 4.69) is 0 Å². The second kappa shape index (κ2) is 7.30. The number of sulfone groups is 1. The molecule has 10 nitrogen and oxygen atoms in total. The third-order valence-electron chi connectivity index (χ3n) is 3.77. The Labute approximate surface area is 160 Å². The molecule has 0 bridgehead atoms. The lowest BCUT2D eigenvalue weighted by molar-refractivity contribution is 0.103. The average Bonchev–Trinajstić information content (AvgIpc) is 2.58. The van der Waals surface area contributed by atoms with Gasteiger partial charge >= 0.3 is 0 Å². The summed E-state index contributed by atoms with van der Waals surface area (Å²) in [5.41, 5.74) is -0.880. The molecular weight excluding hydrogens is 416 g/mol. The van der Waals surface area contributed by atoms with E-state index in [-0.39, 0.29) is 4.90 Å². The van der Waals surface area contributed by atoms with E-state index < -0.39 is 64.8 Å². The van der Waals surface area contributed by atoms with Crippen LogP contribution in [0.15, 0.2) is 34.1 Å². The summed E-state index contributed by atoms with van der Waals surface area (Å²) in [6.07, 6.45) is 0.885. The van der Waals surface area contributed by atoms with Crippen molar-refractivity contribution in [3.8, 4) is 23.0 Å². The number of aromatic hydroxyl groups is 2. The Bertz CT molecular complexity index is 1070. The fourth-order valence-electron chi connectivity index (χ4n) is 2.51. The van der Waals surface area contributed by atoms with Crippen molar-refractivity contribution < 1.29 is 45.9 Å². The van der Waals surface area contributed by atoms with Crippen molar-refractivity contribution in [2.75, 3.05) is 20.5 Å². The minimum atomic E-state index is -4.75. The third kappa shape index (κ3) is 3.74. The molecule has 0 aliphatic rings. The highest BCUT2D eigenvalue weighted by molar-refractivity contribution is 7.90. The summed E-state index contributed by atoms with van der Waals surface area (Å²) in [6, 6.07) is 3.79. The Morgan fingerprint density at radius 3 is 1.57 bits per heavy atom. The van der Waals surface area contributed by atoms with Crippen molar-refractivity contribution >= 4 is 25.7 Å². The summed E-state index contributed by atoms with van der Waals surface area (Å²) in [4.78, 5) is 11.6. The van der Waals surface area contributed by atoms with Crippen LogP contribution in [0.2, 0.25) is 0 Å².